The predicted octanol–water partition coefficient (Wildman–Crippen LogP) is 2.85. The van der Waals surface area contributed by atoms with Gasteiger partial charge in [0.2, 0.25) is 5.91 Å². The highest BCUT2D eigenvalue weighted by atomic mass is 127. The zero-order valence-corrected chi connectivity index (χ0v) is 15.4. The van der Waals surface area contributed by atoms with Crippen molar-refractivity contribution in [3.05, 3.63) is 21.5 Å². The van der Waals surface area contributed by atoms with Gasteiger partial charge in [-0.15, -0.1) is 0 Å². The van der Waals surface area contributed by atoms with Crippen LogP contribution in [-0.4, -0.2) is 28.0 Å². The average molecular weight is 426 g/mol. The molecule has 6 nitrogen and oxygen atoms in total. The summed E-state index contributed by atoms with van der Waals surface area (Å²) >= 11 is 2.18. The zero-order chi connectivity index (χ0) is 16.8. The highest BCUT2D eigenvalue weighted by Crippen LogP contribution is 2.34. The average Bonchev–Trinajstić information content (AvgIpc) is 3.31. The van der Waals surface area contributed by atoms with E-state index in [4.69, 9.17) is 0 Å². The molecular formula is C16H19IN4O2. The molecule has 1 fully saturated rings. The van der Waals surface area contributed by atoms with Gasteiger partial charge in [-0.2, -0.15) is 0 Å². The number of nitrogens with zero attached hydrogens (tertiary/aromatic N) is 2. The van der Waals surface area contributed by atoms with Crippen molar-refractivity contribution in [1.82, 2.24) is 9.97 Å². The number of hydrogen-bond donors (Lipinski definition) is 3. The van der Waals surface area contributed by atoms with Crippen LogP contribution in [0.2, 0.25) is 0 Å². The van der Waals surface area contributed by atoms with Gasteiger partial charge in [-0.1, -0.05) is 0 Å². The van der Waals surface area contributed by atoms with E-state index in [0.717, 1.165) is 27.2 Å². The molecule has 0 aliphatic heterocycles. The number of halogens is 1. The van der Waals surface area contributed by atoms with Gasteiger partial charge in [0.15, 0.2) is 0 Å². The number of carbonyl (C=O) groups is 1. The molecule has 0 aromatic carbocycles. The molecular weight excluding hydrogens is 407 g/mol. The van der Waals surface area contributed by atoms with E-state index in [1.807, 2.05) is 6.07 Å². The Hall–Kier alpha value is -1.48. The quantitative estimate of drug-likeness (QED) is 0.655. The van der Waals surface area contributed by atoms with Gasteiger partial charge in [0.05, 0.1) is 5.69 Å². The second-order valence-electron chi connectivity index (χ2n) is 6.31. The summed E-state index contributed by atoms with van der Waals surface area (Å²) in [5.41, 5.74) is -0.461. The van der Waals surface area contributed by atoms with Gasteiger partial charge in [-0.25, -0.2) is 9.97 Å². The van der Waals surface area contributed by atoms with Crippen molar-refractivity contribution in [3.63, 3.8) is 0 Å². The summed E-state index contributed by atoms with van der Waals surface area (Å²) in [6, 6.07) is 1.84. The van der Waals surface area contributed by atoms with Crippen molar-refractivity contribution in [2.75, 3.05) is 17.7 Å². The summed E-state index contributed by atoms with van der Waals surface area (Å²) in [4.78, 5) is 20.8. The van der Waals surface area contributed by atoms with Gasteiger partial charge >= 0.3 is 0 Å². The molecule has 0 saturated heterocycles. The van der Waals surface area contributed by atoms with Gasteiger partial charge in [0.1, 0.15) is 17.2 Å². The van der Waals surface area contributed by atoms with Gasteiger partial charge in [-0.3, -0.25) is 4.79 Å². The first-order valence-corrected chi connectivity index (χ1v) is 8.60. The lowest BCUT2D eigenvalue weighted by molar-refractivity contribution is -0.117. The van der Waals surface area contributed by atoms with Crippen LogP contribution in [0.25, 0.3) is 10.8 Å². The fraction of sp³-hybridized carbons (Fsp3) is 0.438. The molecule has 1 aliphatic rings. The molecule has 1 amide bonds. The summed E-state index contributed by atoms with van der Waals surface area (Å²) in [5, 5.41) is 18.0. The monoisotopic (exact) mass is 426 g/mol. The second-order valence-corrected chi connectivity index (χ2v) is 7.39. The van der Waals surface area contributed by atoms with Crippen molar-refractivity contribution in [2.45, 2.75) is 32.3 Å². The van der Waals surface area contributed by atoms with Gasteiger partial charge in [0, 0.05) is 33.5 Å². The largest absolute Gasteiger partial charge is 0.384 e. The maximum atomic E-state index is 11.9. The smallest absolute Gasteiger partial charge is 0.228 e. The van der Waals surface area contributed by atoms with E-state index in [1.54, 1.807) is 27.1 Å². The maximum Gasteiger partial charge on any atom is 0.228 e. The second kappa shape index (κ2) is 5.86. The minimum atomic E-state index is -1.06. The molecule has 0 unspecified atom stereocenters. The Kier molecular flexibility index (Phi) is 4.18. The highest BCUT2D eigenvalue weighted by Gasteiger charge is 2.30. The Labute approximate surface area is 148 Å². The van der Waals surface area contributed by atoms with Crippen molar-refractivity contribution < 1.29 is 9.90 Å². The Morgan fingerprint density at radius 2 is 2.09 bits per heavy atom. The predicted molar refractivity (Wildman–Crippen MR) is 98.4 cm³/mol. The minimum Gasteiger partial charge on any atom is -0.384 e. The van der Waals surface area contributed by atoms with Crippen LogP contribution < -0.4 is 10.6 Å². The van der Waals surface area contributed by atoms with Gasteiger partial charge in [0.25, 0.3) is 0 Å². The number of aromatic nitrogens is 2. The van der Waals surface area contributed by atoms with E-state index in [2.05, 4.69) is 43.2 Å². The van der Waals surface area contributed by atoms with Crippen LogP contribution in [0.1, 0.15) is 32.4 Å². The normalized spacial score (nSPS) is 14.8. The number of aliphatic hydroxyl groups is 1. The van der Waals surface area contributed by atoms with E-state index in [1.165, 1.54) is 0 Å². The lowest BCUT2D eigenvalue weighted by Gasteiger charge is -2.21. The first kappa shape index (κ1) is 16.4. The summed E-state index contributed by atoms with van der Waals surface area (Å²) in [5.74, 6) is 1.34. The molecule has 1 saturated carbocycles. The molecule has 0 spiro atoms. The summed E-state index contributed by atoms with van der Waals surface area (Å²) in [6.45, 7) is 3.42. The van der Waals surface area contributed by atoms with Crippen molar-refractivity contribution in [2.24, 2.45) is 5.92 Å². The number of hydrogen-bond acceptors (Lipinski definition) is 5. The third-order valence-corrected chi connectivity index (χ3v) is 4.93. The minimum absolute atomic E-state index is 0.0254. The lowest BCUT2D eigenvalue weighted by atomic mass is 10.0. The first-order valence-electron chi connectivity index (χ1n) is 7.52. The number of pyridine rings is 2. The van der Waals surface area contributed by atoms with Gasteiger partial charge in [-0.05, 0) is 55.3 Å². The van der Waals surface area contributed by atoms with E-state index in [0.29, 0.717) is 17.3 Å². The molecule has 2 heterocycles. The first-order chi connectivity index (χ1) is 10.8. The van der Waals surface area contributed by atoms with Crippen molar-refractivity contribution in [1.29, 1.82) is 0 Å². The van der Waals surface area contributed by atoms with Crippen LogP contribution >= 0.6 is 22.6 Å². The third kappa shape index (κ3) is 3.25. The van der Waals surface area contributed by atoms with Crippen LogP contribution in [0.4, 0.5) is 11.6 Å². The van der Waals surface area contributed by atoms with Crippen LogP contribution in [0.15, 0.2) is 12.3 Å². The molecule has 122 valence electrons. The maximum absolute atomic E-state index is 11.9. The number of fused-ring (bicyclic) bond motifs is 1. The van der Waals surface area contributed by atoms with E-state index in [9.17, 15) is 9.90 Å². The molecule has 7 heteroatoms. The van der Waals surface area contributed by atoms with Crippen LogP contribution in [0.3, 0.4) is 0 Å². The molecule has 1 aliphatic carbocycles. The van der Waals surface area contributed by atoms with E-state index in [-0.39, 0.29) is 11.8 Å². The molecule has 0 bridgehead atoms. The summed E-state index contributed by atoms with van der Waals surface area (Å²) in [6.07, 6.45) is 3.61. The Morgan fingerprint density at radius 3 is 2.65 bits per heavy atom. The van der Waals surface area contributed by atoms with E-state index < -0.39 is 5.60 Å². The topological polar surface area (TPSA) is 87.1 Å². The number of nitrogens with one attached hydrogen (secondary N) is 2. The zero-order valence-electron chi connectivity index (χ0n) is 13.3. The molecule has 0 radical (unpaired) electrons. The Morgan fingerprint density at radius 1 is 1.39 bits per heavy atom. The molecule has 3 rings (SSSR count). The third-order valence-electron chi connectivity index (χ3n) is 3.84. The van der Waals surface area contributed by atoms with Crippen molar-refractivity contribution in [3.8, 4) is 0 Å². The summed E-state index contributed by atoms with van der Waals surface area (Å²) in [7, 11) is 1.78. The molecule has 2 aromatic rings. The number of rotatable bonds is 4. The number of amides is 1. The standard InChI is InChI=1S/C16H19IN4O2/c1-16(2,23)13-12(17)9-6-11(20-15(22)8-4-5-8)19-7-10(9)14(18-3)21-13/h6-8,23H,4-5H2,1-3H3,(H,18,21)(H,19,20,22). The van der Waals surface area contributed by atoms with Crippen LogP contribution in [0, 0.1) is 9.49 Å². The highest BCUT2D eigenvalue weighted by molar-refractivity contribution is 14.1. The number of anilines is 2. The van der Waals surface area contributed by atoms with Crippen LogP contribution in [0.5, 0.6) is 0 Å². The lowest BCUT2D eigenvalue weighted by Crippen LogP contribution is -2.20. The molecule has 3 N–H and O–H groups in total. The molecule has 23 heavy (non-hydrogen) atoms. The number of carbonyl (C=O) groups excluding carboxylic acids is 1. The Bertz CT molecular complexity index is 782. The summed E-state index contributed by atoms with van der Waals surface area (Å²) < 4.78 is 0.855. The molecule has 0 atom stereocenters. The van der Waals surface area contributed by atoms with Crippen LogP contribution in [-0.2, 0) is 10.4 Å². The van der Waals surface area contributed by atoms with E-state index >= 15 is 0 Å². The fourth-order valence-corrected chi connectivity index (χ4v) is 3.64. The molecule has 2 aromatic heterocycles. The van der Waals surface area contributed by atoms with Crippen molar-refractivity contribution >= 4 is 50.9 Å². The fourth-order valence-electron chi connectivity index (χ4n) is 2.41. The SMILES string of the molecule is CNc1nc(C(C)(C)O)c(I)c2cc(NC(=O)C3CC3)ncc12. The Balaban J connectivity index is 2.11. The van der Waals surface area contributed by atoms with Gasteiger partial charge < -0.3 is 15.7 Å².